The molecule has 0 unspecified atom stereocenters. The number of rotatable bonds is 14. The molecule has 0 bridgehead atoms. The Morgan fingerprint density at radius 3 is 2.34 bits per heavy atom. The maximum absolute atomic E-state index is 12.1. The smallest absolute Gasteiger partial charge is 0.370 e. The number of amides is 3. The van der Waals surface area contributed by atoms with Gasteiger partial charge in [0, 0.05) is 32.9 Å². The van der Waals surface area contributed by atoms with Crippen LogP contribution in [0.15, 0.2) is 23.7 Å². The van der Waals surface area contributed by atoms with Crippen LogP contribution in [0.4, 0.5) is 9.59 Å². The van der Waals surface area contributed by atoms with Gasteiger partial charge in [-0.1, -0.05) is 0 Å². The molecule has 2 aliphatic rings. The number of hydrogen-bond acceptors (Lipinski definition) is 10. The number of guanidine groups is 1. The summed E-state index contributed by atoms with van der Waals surface area (Å²) < 4.78 is 10.7. The lowest BCUT2D eigenvalue weighted by Crippen LogP contribution is -2.51. The quantitative estimate of drug-likeness (QED) is 0.0564. The van der Waals surface area contributed by atoms with Gasteiger partial charge in [0.1, 0.15) is 12.2 Å². The minimum absolute atomic E-state index is 0.0490. The molecule has 0 aromatic heterocycles. The van der Waals surface area contributed by atoms with Crippen LogP contribution in [0.2, 0.25) is 0 Å². The number of aliphatic carboxylic acids is 2. The summed E-state index contributed by atoms with van der Waals surface area (Å²) >= 11 is 0. The summed E-state index contributed by atoms with van der Waals surface area (Å²) in [7, 11) is -0.584. The molecule has 11 N–H and O–H groups in total. The summed E-state index contributed by atoms with van der Waals surface area (Å²) in [6.07, 6.45) is -1.42. The van der Waals surface area contributed by atoms with E-state index in [2.05, 4.69) is 21.3 Å². The van der Waals surface area contributed by atoms with Crippen molar-refractivity contribution in [2.75, 3.05) is 13.1 Å². The Labute approximate surface area is 235 Å². The van der Waals surface area contributed by atoms with Gasteiger partial charge >= 0.3 is 19.2 Å². The number of carboxylic acids is 2. The van der Waals surface area contributed by atoms with Crippen LogP contribution in [0.1, 0.15) is 32.6 Å². The Morgan fingerprint density at radius 2 is 1.73 bits per heavy atom. The molecule has 17 nitrogen and oxygen atoms in total. The van der Waals surface area contributed by atoms with Crippen LogP contribution in [0.5, 0.6) is 0 Å². The largest absolute Gasteiger partial charge is 0.483 e. The lowest BCUT2D eigenvalue weighted by atomic mass is 9.76. The van der Waals surface area contributed by atoms with Crippen LogP contribution in [0.25, 0.3) is 0 Å². The second-order valence-corrected chi connectivity index (χ2v) is 9.55. The first kappa shape index (κ1) is 32.9. The SMILES string of the molecule is CC(=O)N[C@@H]1CC=C(C(=O)O)O[C@H]1[C@H](O)CCNC(=O)BC(=O)NC[C@@H](O)C[C@H]1C[C@@H](NC(=N)N)C=C(C(=O)O)O1. The van der Waals surface area contributed by atoms with Crippen molar-refractivity contribution in [3.63, 3.8) is 0 Å². The highest BCUT2D eigenvalue weighted by Crippen LogP contribution is 2.23. The fourth-order valence-electron chi connectivity index (χ4n) is 4.31. The molecule has 0 aromatic rings. The zero-order chi connectivity index (χ0) is 30.7. The zero-order valence-electron chi connectivity index (χ0n) is 22.3. The maximum atomic E-state index is 12.1. The van der Waals surface area contributed by atoms with Gasteiger partial charge < -0.3 is 56.9 Å². The average Bonchev–Trinajstić information content (AvgIpc) is 2.86. The summed E-state index contributed by atoms with van der Waals surface area (Å²) in [5, 5.41) is 56.5. The summed E-state index contributed by atoms with van der Waals surface area (Å²) in [4.78, 5) is 58.2. The van der Waals surface area contributed by atoms with Gasteiger partial charge in [-0.3, -0.25) is 19.8 Å². The Hall–Kier alpha value is -4.32. The number of nitrogens with one attached hydrogen (secondary N) is 5. The van der Waals surface area contributed by atoms with Gasteiger partial charge in [-0.25, -0.2) is 9.59 Å². The number of hydrogen-bond donors (Lipinski definition) is 10. The van der Waals surface area contributed by atoms with Crippen molar-refractivity contribution in [2.45, 2.75) is 69.1 Å². The molecule has 6 atom stereocenters. The Balaban J connectivity index is 1.74. The molecule has 0 aromatic carbocycles. The van der Waals surface area contributed by atoms with Gasteiger partial charge in [0.2, 0.25) is 17.4 Å². The van der Waals surface area contributed by atoms with Gasteiger partial charge in [0.15, 0.2) is 17.6 Å². The van der Waals surface area contributed by atoms with Crippen LogP contribution < -0.4 is 27.0 Å². The van der Waals surface area contributed by atoms with E-state index in [9.17, 15) is 39.3 Å². The fraction of sp³-hybridized carbons (Fsp3) is 0.565. The van der Waals surface area contributed by atoms with E-state index in [4.69, 9.17) is 25.7 Å². The van der Waals surface area contributed by atoms with Crippen LogP contribution in [0, 0.1) is 5.41 Å². The molecule has 3 amide bonds. The molecule has 0 aliphatic carbocycles. The van der Waals surface area contributed by atoms with Crippen LogP contribution in [-0.4, -0.2) is 113 Å². The first-order chi connectivity index (χ1) is 19.2. The van der Waals surface area contributed by atoms with Gasteiger partial charge in [-0.15, -0.1) is 0 Å². The monoisotopic (exact) mass is 582 g/mol. The number of aliphatic hydroxyl groups excluding tert-OH is 2. The number of carbonyl (C=O) groups is 5. The van der Waals surface area contributed by atoms with Gasteiger partial charge in [-0.05, 0) is 25.0 Å². The average molecular weight is 582 g/mol. The van der Waals surface area contributed by atoms with Gasteiger partial charge in [0.25, 0.3) is 0 Å². The van der Waals surface area contributed by atoms with Crippen LogP contribution in [0.3, 0.4) is 0 Å². The maximum Gasteiger partial charge on any atom is 0.370 e. The van der Waals surface area contributed by atoms with Gasteiger partial charge in [-0.2, -0.15) is 0 Å². The van der Waals surface area contributed by atoms with Crippen molar-refractivity contribution >= 4 is 42.7 Å². The minimum Gasteiger partial charge on any atom is -0.483 e. The Bertz CT molecular complexity index is 1080. The lowest BCUT2D eigenvalue weighted by molar-refractivity contribution is -0.141. The van der Waals surface area contributed by atoms with E-state index in [1.54, 1.807) is 0 Å². The summed E-state index contributed by atoms with van der Waals surface area (Å²) in [6.45, 7) is 0.942. The fourth-order valence-corrected chi connectivity index (χ4v) is 4.31. The standard InChI is InChI=1S/C23H35BN6O11/c1-10(31)29-14-2-3-16(19(34)35)41-18(14)15(33)4-5-27-21(38)24-22(39)28-9-12(32)8-13-6-11(30-23(25)26)7-17(40-13)20(36)37/h3,7,11-15,18,24,32-33H,2,4-6,8-9H2,1H3,(H,27,38)(H,28,39)(H,29,31)(H,34,35)(H,36,37)(H4,25,26,30)/t11-,12+,13-,14-,15-,18-/m1/s1. The zero-order valence-corrected chi connectivity index (χ0v) is 22.3. The molecule has 226 valence electrons. The molecule has 0 fully saturated rings. The van der Waals surface area contributed by atoms with Crippen molar-refractivity contribution in [3.05, 3.63) is 23.7 Å². The van der Waals surface area contributed by atoms with E-state index in [0.29, 0.717) is 0 Å². The van der Waals surface area contributed by atoms with Crippen molar-refractivity contribution in [2.24, 2.45) is 5.73 Å². The normalized spacial score (nSPS) is 23.1. The summed E-state index contributed by atoms with van der Waals surface area (Å²) in [5.41, 5.74) is 5.30. The van der Waals surface area contributed by atoms with E-state index in [0.717, 1.165) is 0 Å². The second-order valence-electron chi connectivity index (χ2n) is 9.55. The predicted octanol–water partition coefficient (Wildman–Crippen LogP) is -2.78. The van der Waals surface area contributed by atoms with Crippen molar-refractivity contribution in [1.82, 2.24) is 21.3 Å². The van der Waals surface area contributed by atoms with Crippen molar-refractivity contribution < 1.29 is 53.9 Å². The number of carboxylic acid groups (broad SMARTS) is 2. The summed E-state index contributed by atoms with van der Waals surface area (Å²) in [5.74, 6) is -5.51. The molecule has 0 saturated heterocycles. The molecule has 2 rings (SSSR count). The Kier molecular flexibility index (Phi) is 12.4. The number of ether oxygens (including phenoxy) is 2. The second kappa shape index (κ2) is 15.5. The Morgan fingerprint density at radius 1 is 1.07 bits per heavy atom. The highest BCUT2D eigenvalue weighted by Gasteiger charge is 2.35. The van der Waals surface area contributed by atoms with E-state index in [1.165, 1.54) is 19.1 Å². The third-order valence-corrected chi connectivity index (χ3v) is 6.06. The lowest BCUT2D eigenvalue weighted by Gasteiger charge is -2.34. The first-order valence-corrected chi connectivity index (χ1v) is 12.7. The topological polar surface area (TPSA) is 283 Å². The number of nitrogens with two attached hydrogens (primary N) is 1. The molecule has 0 spiro atoms. The molecular weight excluding hydrogens is 547 g/mol. The molecule has 0 saturated carbocycles. The van der Waals surface area contributed by atoms with Crippen molar-refractivity contribution in [1.29, 1.82) is 5.41 Å². The van der Waals surface area contributed by atoms with E-state index < -0.39 is 73.2 Å². The van der Waals surface area contributed by atoms with E-state index in [1.807, 2.05) is 0 Å². The van der Waals surface area contributed by atoms with Crippen LogP contribution in [-0.2, 0) is 23.9 Å². The van der Waals surface area contributed by atoms with E-state index >= 15 is 0 Å². The third-order valence-electron chi connectivity index (χ3n) is 6.06. The molecular formula is C23H35BN6O11. The molecule has 2 aliphatic heterocycles. The highest BCUT2D eigenvalue weighted by molar-refractivity contribution is 6.96. The number of aliphatic hydroxyl groups is 2. The minimum atomic E-state index is -1.33. The molecule has 41 heavy (non-hydrogen) atoms. The predicted molar refractivity (Wildman–Crippen MR) is 142 cm³/mol. The van der Waals surface area contributed by atoms with Crippen molar-refractivity contribution in [3.8, 4) is 0 Å². The van der Waals surface area contributed by atoms with Gasteiger partial charge in [0.05, 0.1) is 24.3 Å². The summed E-state index contributed by atoms with van der Waals surface area (Å²) in [6, 6.07) is -1.28. The van der Waals surface area contributed by atoms with Crippen LogP contribution >= 0.6 is 0 Å². The van der Waals surface area contributed by atoms with E-state index in [-0.39, 0.29) is 56.3 Å². The highest BCUT2D eigenvalue weighted by atomic mass is 16.5. The molecule has 18 heteroatoms. The third kappa shape index (κ3) is 11.4. The first-order valence-electron chi connectivity index (χ1n) is 12.7. The number of carbonyl (C=O) groups excluding carboxylic acids is 3. The molecule has 0 radical (unpaired) electrons. The molecule has 2 heterocycles.